The molecule has 0 bridgehead atoms. The highest BCUT2D eigenvalue weighted by Gasteiger charge is 2.51. The van der Waals surface area contributed by atoms with Crippen molar-refractivity contribution in [2.75, 3.05) is 11.4 Å². The van der Waals surface area contributed by atoms with Crippen molar-refractivity contribution >= 4 is 17.5 Å². The highest BCUT2D eigenvalue weighted by molar-refractivity contribution is 6.11. The first-order valence-electron chi connectivity index (χ1n) is 9.93. The number of anilines is 1. The molecule has 5 nitrogen and oxygen atoms in total. The lowest BCUT2D eigenvalue weighted by Gasteiger charge is -2.24. The summed E-state index contributed by atoms with van der Waals surface area (Å²) in [6, 6.07) is 22.2. The molecular weight excluding hydrogens is 376 g/mol. The third-order valence-electron chi connectivity index (χ3n) is 5.49. The molecule has 0 fully saturated rings. The predicted octanol–water partition coefficient (Wildman–Crippen LogP) is 3.20. The Bertz CT molecular complexity index is 1110. The molecule has 3 aromatic carbocycles. The first kappa shape index (κ1) is 19.9. The number of amides is 2. The Hall–Kier alpha value is -3.44. The van der Waals surface area contributed by atoms with Gasteiger partial charge in [0.2, 0.25) is 5.91 Å². The second-order valence-corrected chi connectivity index (χ2v) is 7.75. The van der Waals surface area contributed by atoms with E-state index in [1.54, 1.807) is 36.4 Å². The number of fused-ring (bicyclic) bond motifs is 1. The zero-order valence-corrected chi connectivity index (χ0v) is 17.1. The van der Waals surface area contributed by atoms with Gasteiger partial charge in [0.05, 0.1) is 5.69 Å². The van der Waals surface area contributed by atoms with Crippen molar-refractivity contribution in [1.82, 2.24) is 5.32 Å². The molecule has 0 saturated carbocycles. The molecule has 0 saturated heterocycles. The van der Waals surface area contributed by atoms with Crippen molar-refractivity contribution in [2.45, 2.75) is 26.0 Å². The Balaban J connectivity index is 1.57. The van der Waals surface area contributed by atoms with Crippen molar-refractivity contribution < 1.29 is 14.7 Å². The van der Waals surface area contributed by atoms with Gasteiger partial charge in [0, 0.05) is 12.1 Å². The molecule has 2 amide bonds. The fourth-order valence-corrected chi connectivity index (χ4v) is 3.85. The number of nitrogens with zero attached hydrogens (tertiary/aromatic N) is 1. The summed E-state index contributed by atoms with van der Waals surface area (Å²) in [5.41, 5.74) is 2.82. The molecule has 152 valence electrons. The minimum atomic E-state index is -1.81. The van der Waals surface area contributed by atoms with Crippen molar-refractivity contribution in [3.8, 4) is 0 Å². The van der Waals surface area contributed by atoms with Crippen LogP contribution in [-0.2, 0) is 21.7 Å². The van der Waals surface area contributed by atoms with Crippen LogP contribution in [0.5, 0.6) is 0 Å². The molecule has 30 heavy (non-hydrogen) atoms. The average Bonchev–Trinajstić information content (AvgIpc) is 2.96. The van der Waals surface area contributed by atoms with Crippen LogP contribution in [-0.4, -0.2) is 23.5 Å². The maximum atomic E-state index is 13.3. The van der Waals surface area contributed by atoms with Gasteiger partial charge in [-0.3, -0.25) is 14.5 Å². The molecule has 1 aliphatic rings. The van der Waals surface area contributed by atoms with Crippen LogP contribution >= 0.6 is 0 Å². The number of aryl methyl sites for hydroxylation is 2. The summed E-state index contributed by atoms with van der Waals surface area (Å²) >= 11 is 0. The molecule has 0 aromatic heterocycles. The van der Waals surface area contributed by atoms with Crippen molar-refractivity contribution in [2.24, 2.45) is 0 Å². The lowest BCUT2D eigenvalue weighted by molar-refractivity contribution is -0.133. The third-order valence-corrected chi connectivity index (χ3v) is 5.49. The standard InChI is InChI=1S/C25H24N2O3/c1-17-10-12-19(13-11-17)15-26-23(28)16-27-22-9-4-3-8-21(22)25(30,24(27)29)20-7-5-6-18(2)14-20/h3-14,30H,15-16H2,1-2H3,(H,26,28). The van der Waals surface area contributed by atoms with Gasteiger partial charge in [0.15, 0.2) is 5.60 Å². The lowest BCUT2D eigenvalue weighted by atomic mass is 9.87. The number of para-hydroxylation sites is 1. The van der Waals surface area contributed by atoms with Crippen LogP contribution in [0.3, 0.4) is 0 Å². The van der Waals surface area contributed by atoms with Crippen LogP contribution in [0.1, 0.15) is 27.8 Å². The summed E-state index contributed by atoms with van der Waals surface area (Å²) in [5, 5.41) is 14.4. The van der Waals surface area contributed by atoms with Gasteiger partial charge in [-0.25, -0.2) is 0 Å². The van der Waals surface area contributed by atoms with Gasteiger partial charge in [-0.2, -0.15) is 0 Å². The summed E-state index contributed by atoms with van der Waals surface area (Å²) in [6.07, 6.45) is 0. The Morgan fingerprint density at radius 2 is 1.70 bits per heavy atom. The van der Waals surface area contributed by atoms with E-state index in [1.165, 1.54) is 4.90 Å². The van der Waals surface area contributed by atoms with Crippen molar-refractivity contribution in [3.05, 3.63) is 101 Å². The molecule has 0 aliphatic carbocycles. The van der Waals surface area contributed by atoms with E-state index in [4.69, 9.17) is 0 Å². The first-order chi connectivity index (χ1) is 14.4. The zero-order valence-electron chi connectivity index (χ0n) is 17.1. The molecule has 0 radical (unpaired) electrons. The van der Waals surface area contributed by atoms with Gasteiger partial charge in [-0.05, 0) is 31.0 Å². The first-order valence-corrected chi connectivity index (χ1v) is 9.93. The SMILES string of the molecule is Cc1ccc(CNC(=O)CN2C(=O)C(O)(c3cccc(C)c3)c3ccccc32)cc1. The number of nitrogens with one attached hydrogen (secondary N) is 1. The van der Waals surface area contributed by atoms with Gasteiger partial charge in [-0.15, -0.1) is 0 Å². The van der Waals surface area contributed by atoms with E-state index in [1.807, 2.05) is 50.2 Å². The monoisotopic (exact) mass is 400 g/mol. The van der Waals surface area contributed by atoms with E-state index in [0.717, 1.165) is 16.7 Å². The fraction of sp³-hybridized carbons (Fsp3) is 0.200. The third kappa shape index (κ3) is 3.48. The van der Waals surface area contributed by atoms with Crippen LogP contribution in [0.4, 0.5) is 5.69 Å². The molecule has 1 atom stereocenters. The Morgan fingerprint density at radius 1 is 0.967 bits per heavy atom. The summed E-state index contributed by atoms with van der Waals surface area (Å²) in [6.45, 7) is 4.14. The highest BCUT2D eigenvalue weighted by atomic mass is 16.3. The van der Waals surface area contributed by atoms with E-state index in [9.17, 15) is 14.7 Å². The zero-order chi connectivity index (χ0) is 21.3. The predicted molar refractivity (Wildman–Crippen MR) is 116 cm³/mol. The number of carbonyl (C=O) groups is 2. The van der Waals surface area contributed by atoms with E-state index in [0.29, 0.717) is 23.4 Å². The van der Waals surface area contributed by atoms with Crippen LogP contribution in [0.2, 0.25) is 0 Å². The second-order valence-electron chi connectivity index (χ2n) is 7.75. The maximum Gasteiger partial charge on any atom is 0.268 e. The van der Waals surface area contributed by atoms with E-state index >= 15 is 0 Å². The number of benzene rings is 3. The van der Waals surface area contributed by atoms with Gasteiger partial charge in [0.25, 0.3) is 5.91 Å². The van der Waals surface area contributed by atoms with Gasteiger partial charge >= 0.3 is 0 Å². The van der Waals surface area contributed by atoms with Gasteiger partial charge in [0.1, 0.15) is 6.54 Å². The topological polar surface area (TPSA) is 69.6 Å². The normalized spacial score (nSPS) is 17.7. The molecule has 1 heterocycles. The summed E-state index contributed by atoms with van der Waals surface area (Å²) < 4.78 is 0. The van der Waals surface area contributed by atoms with E-state index in [2.05, 4.69) is 5.32 Å². The second kappa shape index (κ2) is 7.76. The lowest BCUT2D eigenvalue weighted by Crippen LogP contribution is -2.45. The minimum absolute atomic E-state index is 0.157. The highest BCUT2D eigenvalue weighted by Crippen LogP contribution is 2.44. The Kier molecular flexibility index (Phi) is 5.14. The Labute approximate surface area is 176 Å². The number of rotatable bonds is 5. The van der Waals surface area contributed by atoms with Crippen LogP contribution in [0.15, 0.2) is 72.8 Å². The molecule has 1 unspecified atom stereocenters. The largest absolute Gasteiger partial charge is 0.372 e. The molecule has 3 aromatic rings. The molecule has 0 spiro atoms. The van der Waals surface area contributed by atoms with Gasteiger partial charge < -0.3 is 10.4 Å². The van der Waals surface area contributed by atoms with Crippen LogP contribution in [0, 0.1) is 13.8 Å². The minimum Gasteiger partial charge on any atom is -0.372 e. The molecule has 2 N–H and O–H groups in total. The number of hydrogen-bond donors (Lipinski definition) is 2. The quantitative estimate of drug-likeness (QED) is 0.691. The molecule has 5 heteroatoms. The molecule has 4 rings (SSSR count). The summed E-state index contributed by atoms with van der Waals surface area (Å²) in [5.74, 6) is -0.799. The Morgan fingerprint density at radius 3 is 2.43 bits per heavy atom. The summed E-state index contributed by atoms with van der Waals surface area (Å²) in [4.78, 5) is 27.3. The molecule has 1 aliphatic heterocycles. The van der Waals surface area contributed by atoms with E-state index in [-0.39, 0.29) is 12.5 Å². The smallest absolute Gasteiger partial charge is 0.268 e. The number of aliphatic hydroxyl groups is 1. The van der Waals surface area contributed by atoms with E-state index < -0.39 is 11.5 Å². The van der Waals surface area contributed by atoms with Crippen LogP contribution < -0.4 is 10.2 Å². The number of carbonyl (C=O) groups excluding carboxylic acids is 2. The number of hydrogen-bond acceptors (Lipinski definition) is 3. The summed E-state index contributed by atoms with van der Waals surface area (Å²) in [7, 11) is 0. The van der Waals surface area contributed by atoms with Crippen molar-refractivity contribution in [3.63, 3.8) is 0 Å². The van der Waals surface area contributed by atoms with Crippen molar-refractivity contribution in [1.29, 1.82) is 0 Å². The molecular formula is C25H24N2O3. The average molecular weight is 400 g/mol. The van der Waals surface area contributed by atoms with Crippen LogP contribution in [0.25, 0.3) is 0 Å². The van der Waals surface area contributed by atoms with Gasteiger partial charge in [-0.1, -0.05) is 77.9 Å². The maximum absolute atomic E-state index is 13.3. The fourth-order valence-electron chi connectivity index (χ4n) is 3.85.